The summed E-state index contributed by atoms with van der Waals surface area (Å²) < 4.78 is 50.8. The van der Waals surface area contributed by atoms with Crippen molar-refractivity contribution in [3.63, 3.8) is 0 Å². The van der Waals surface area contributed by atoms with Gasteiger partial charge in [-0.15, -0.1) is 0 Å². The van der Waals surface area contributed by atoms with E-state index in [1.54, 1.807) is 26.0 Å². The number of hydrogen-bond donors (Lipinski definition) is 1. The molecule has 6 nitrogen and oxygen atoms in total. The molecule has 36 heavy (non-hydrogen) atoms. The molecule has 0 aliphatic carbocycles. The number of aliphatic hydroxyl groups is 1. The minimum Gasteiger partial charge on any atom is -0.507 e. The quantitative estimate of drug-likeness (QED) is 0.235. The first-order chi connectivity index (χ1) is 17.0. The molecule has 0 saturated carbocycles. The van der Waals surface area contributed by atoms with Crippen LogP contribution in [0.25, 0.3) is 5.76 Å². The molecule has 1 atom stereocenters. The summed E-state index contributed by atoms with van der Waals surface area (Å²) in [6.07, 6.45) is -4.58. The van der Waals surface area contributed by atoms with Crippen molar-refractivity contribution in [1.82, 2.24) is 4.90 Å². The number of aliphatic hydroxyl groups excluding tert-OH is 1. The average molecular weight is 520 g/mol. The van der Waals surface area contributed by atoms with Crippen LogP contribution in [-0.4, -0.2) is 28.3 Å². The molecule has 1 aromatic heterocycles. The minimum absolute atomic E-state index is 0.0629. The number of likely N-dealkylation sites (tertiary alicyclic amines) is 1. The van der Waals surface area contributed by atoms with Crippen LogP contribution in [0.3, 0.4) is 0 Å². The Morgan fingerprint density at radius 2 is 1.89 bits per heavy atom. The highest BCUT2D eigenvalue weighted by Gasteiger charge is 2.48. The van der Waals surface area contributed by atoms with Crippen LogP contribution in [0, 0.1) is 6.92 Å². The van der Waals surface area contributed by atoms with E-state index in [4.69, 9.17) is 20.8 Å². The third kappa shape index (κ3) is 4.83. The highest BCUT2D eigenvalue weighted by atomic mass is 35.5. The summed E-state index contributed by atoms with van der Waals surface area (Å²) in [5.41, 5.74) is -0.970. The van der Waals surface area contributed by atoms with E-state index in [2.05, 4.69) is 0 Å². The second-order valence-electron chi connectivity index (χ2n) is 8.15. The van der Waals surface area contributed by atoms with Gasteiger partial charge in [0.25, 0.3) is 11.7 Å². The fourth-order valence-electron chi connectivity index (χ4n) is 4.07. The topological polar surface area (TPSA) is 80.0 Å². The average Bonchev–Trinajstić information content (AvgIpc) is 3.36. The number of ether oxygens (including phenoxy) is 1. The number of aryl methyl sites for hydroxylation is 1. The third-order valence-corrected chi connectivity index (χ3v) is 6.01. The molecule has 1 saturated heterocycles. The van der Waals surface area contributed by atoms with Crippen molar-refractivity contribution in [1.29, 1.82) is 0 Å². The van der Waals surface area contributed by atoms with Gasteiger partial charge < -0.3 is 19.2 Å². The van der Waals surface area contributed by atoms with Gasteiger partial charge in [-0.25, -0.2) is 0 Å². The molecule has 1 N–H and O–H groups in total. The van der Waals surface area contributed by atoms with Crippen molar-refractivity contribution >= 4 is 29.1 Å². The molecule has 188 valence electrons. The normalized spacial score (nSPS) is 17.6. The molecule has 1 aliphatic heterocycles. The number of carbonyl (C=O) groups excluding carboxylic acids is 2. The van der Waals surface area contributed by atoms with Crippen molar-refractivity contribution in [2.75, 3.05) is 6.61 Å². The highest BCUT2D eigenvalue weighted by molar-refractivity contribution is 6.46. The monoisotopic (exact) mass is 519 g/mol. The summed E-state index contributed by atoms with van der Waals surface area (Å²) >= 11 is 6.29. The van der Waals surface area contributed by atoms with Gasteiger partial charge in [-0.1, -0.05) is 23.7 Å². The number of amides is 1. The summed E-state index contributed by atoms with van der Waals surface area (Å²) in [6, 6.07) is 10.9. The highest BCUT2D eigenvalue weighted by Crippen LogP contribution is 2.42. The maximum Gasteiger partial charge on any atom is 0.416 e. The number of ketones is 1. The molecule has 1 unspecified atom stereocenters. The molecule has 3 aromatic rings. The van der Waals surface area contributed by atoms with Crippen LogP contribution in [0.5, 0.6) is 5.75 Å². The Hall–Kier alpha value is -3.72. The van der Waals surface area contributed by atoms with E-state index in [1.165, 1.54) is 30.3 Å². The number of halogens is 4. The van der Waals surface area contributed by atoms with Gasteiger partial charge in [-0.3, -0.25) is 9.59 Å². The standard InChI is InChI=1S/C26H21ClF3NO5/c1-3-35-17-8-9-19(27)18(12-17)23(32)21-22(20-10-7-14(2)36-20)31(25(34)24(21)33)13-15-5-4-6-16(11-15)26(28,29)30/h4-12,22,32H,3,13H2,1-2H3/b23-21-. The second kappa shape index (κ2) is 9.73. The molecule has 0 radical (unpaired) electrons. The van der Waals surface area contributed by atoms with E-state index in [1.807, 2.05) is 0 Å². The third-order valence-electron chi connectivity index (χ3n) is 5.68. The SMILES string of the molecule is CCOc1ccc(Cl)c(/C(O)=C2/C(=O)C(=O)N(Cc3cccc(C(F)(F)F)c3)C2c2ccc(C)o2)c1. The first-order valence-electron chi connectivity index (χ1n) is 10.9. The summed E-state index contributed by atoms with van der Waals surface area (Å²) in [4.78, 5) is 27.3. The predicted octanol–water partition coefficient (Wildman–Crippen LogP) is 6.28. The minimum atomic E-state index is -4.58. The van der Waals surface area contributed by atoms with E-state index in [0.717, 1.165) is 17.0 Å². The van der Waals surface area contributed by atoms with Crippen LogP contribution in [0.2, 0.25) is 5.02 Å². The van der Waals surface area contributed by atoms with Gasteiger partial charge in [-0.05, 0) is 61.9 Å². The second-order valence-corrected chi connectivity index (χ2v) is 8.56. The Morgan fingerprint density at radius 1 is 1.14 bits per heavy atom. The lowest BCUT2D eigenvalue weighted by atomic mass is 9.99. The molecule has 2 aromatic carbocycles. The largest absolute Gasteiger partial charge is 0.507 e. The van der Waals surface area contributed by atoms with Crippen LogP contribution < -0.4 is 4.74 Å². The number of benzene rings is 2. The maximum absolute atomic E-state index is 13.2. The Morgan fingerprint density at radius 3 is 2.53 bits per heavy atom. The van der Waals surface area contributed by atoms with Crippen LogP contribution >= 0.6 is 11.6 Å². The number of hydrogen-bond acceptors (Lipinski definition) is 5. The van der Waals surface area contributed by atoms with E-state index in [0.29, 0.717) is 18.1 Å². The lowest BCUT2D eigenvalue weighted by molar-refractivity contribution is -0.140. The fraction of sp³-hybridized carbons (Fsp3) is 0.231. The van der Waals surface area contributed by atoms with Crippen LogP contribution in [-0.2, 0) is 22.3 Å². The molecule has 10 heteroatoms. The molecule has 1 amide bonds. The molecule has 0 spiro atoms. The number of furan rings is 1. The van der Waals surface area contributed by atoms with Gasteiger partial charge in [0.15, 0.2) is 0 Å². The Labute approximate surface area is 209 Å². The van der Waals surface area contributed by atoms with Crippen LogP contribution in [0.1, 0.15) is 41.2 Å². The first kappa shape index (κ1) is 25.4. The van der Waals surface area contributed by atoms with Gasteiger partial charge in [0.05, 0.1) is 22.8 Å². The number of carbonyl (C=O) groups is 2. The van der Waals surface area contributed by atoms with E-state index in [-0.39, 0.29) is 34.0 Å². The molecule has 1 aliphatic rings. The molecule has 1 fully saturated rings. The zero-order chi connectivity index (χ0) is 26.2. The zero-order valence-corrected chi connectivity index (χ0v) is 20.0. The van der Waals surface area contributed by atoms with Crippen molar-refractivity contribution < 1.29 is 37.0 Å². The summed E-state index contributed by atoms with van der Waals surface area (Å²) in [7, 11) is 0. The zero-order valence-electron chi connectivity index (χ0n) is 19.2. The molecule has 4 rings (SSSR count). The van der Waals surface area contributed by atoms with Gasteiger partial charge in [0.2, 0.25) is 0 Å². The Balaban J connectivity index is 1.84. The predicted molar refractivity (Wildman–Crippen MR) is 125 cm³/mol. The Kier molecular flexibility index (Phi) is 6.86. The first-order valence-corrected chi connectivity index (χ1v) is 11.3. The number of rotatable bonds is 6. The molecular formula is C26H21ClF3NO5. The van der Waals surface area contributed by atoms with Gasteiger partial charge in [0, 0.05) is 12.1 Å². The van der Waals surface area contributed by atoms with E-state index >= 15 is 0 Å². The van der Waals surface area contributed by atoms with E-state index in [9.17, 15) is 27.9 Å². The summed E-state index contributed by atoms with van der Waals surface area (Å²) in [5, 5.41) is 11.3. The number of Topliss-reactive ketones (excluding diaryl/α,β-unsaturated/α-hetero) is 1. The smallest absolute Gasteiger partial charge is 0.416 e. The van der Waals surface area contributed by atoms with Crippen LogP contribution in [0.15, 0.2) is 64.6 Å². The lowest BCUT2D eigenvalue weighted by Gasteiger charge is -2.24. The van der Waals surface area contributed by atoms with Crippen molar-refractivity contribution in [2.24, 2.45) is 0 Å². The van der Waals surface area contributed by atoms with E-state index < -0.39 is 35.2 Å². The van der Waals surface area contributed by atoms with Gasteiger partial charge in [-0.2, -0.15) is 13.2 Å². The number of nitrogens with zero attached hydrogens (tertiary/aromatic N) is 1. The summed E-state index contributed by atoms with van der Waals surface area (Å²) in [6.45, 7) is 3.44. The van der Waals surface area contributed by atoms with Gasteiger partial charge >= 0.3 is 6.18 Å². The molecule has 0 bridgehead atoms. The molecule has 2 heterocycles. The van der Waals surface area contributed by atoms with Crippen LogP contribution in [0.4, 0.5) is 13.2 Å². The maximum atomic E-state index is 13.2. The fourth-order valence-corrected chi connectivity index (χ4v) is 4.28. The van der Waals surface area contributed by atoms with Crippen molar-refractivity contribution in [3.05, 3.63) is 93.4 Å². The Bertz CT molecular complexity index is 1360. The van der Waals surface area contributed by atoms with Crippen molar-refractivity contribution in [2.45, 2.75) is 32.6 Å². The van der Waals surface area contributed by atoms with Crippen molar-refractivity contribution in [3.8, 4) is 5.75 Å². The summed E-state index contributed by atoms with van der Waals surface area (Å²) in [5.74, 6) is -1.54. The lowest BCUT2D eigenvalue weighted by Crippen LogP contribution is -2.29. The molecular weight excluding hydrogens is 499 g/mol. The van der Waals surface area contributed by atoms with Gasteiger partial charge in [0.1, 0.15) is 29.1 Å². The number of alkyl halides is 3.